The zero-order valence-electron chi connectivity index (χ0n) is 16.2. The van der Waals surface area contributed by atoms with Crippen LogP contribution in [0.15, 0.2) is 35.3 Å². The lowest BCUT2D eigenvalue weighted by molar-refractivity contribution is -0.120. The molecule has 0 saturated carbocycles. The highest BCUT2D eigenvalue weighted by Gasteiger charge is 2.19. The second kappa shape index (κ2) is 7.55. The number of carbonyl (C=O) groups is 1. The van der Waals surface area contributed by atoms with Gasteiger partial charge in [0.2, 0.25) is 5.91 Å². The SMILES string of the molecule is CCC(=O)NCc1cc2n(n1)CCN(Cc1cc(=O)n3ccc(C)cc3n1)C2. The highest BCUT2D eigenvalue weighted by molar-refractivity contribution is 5.75. The summed E-state index contributed by atoms with van der Waals surface area (Å²) in [5.41, 5.74) is 4.46. The summed E-state index contributed by atoms with van der Waals surface area (Å²) in [6.45, 7) is 7.25. The third kappa shape index (κ3) is 3.82. The molecule has 4 heterocycles. The lowest BCUT2D eigenvalue weighted by Crippen LogP contribution is -2.34. The van der Waals surface area contributed by atoms with Crippen LogP contribution >= 0.6 is 0 Å². The minimum absolute atomic E-state index is 0.0245. The van der Waals surface area contributed by atoms with E-state index < -0.39 is 0 Å². The maximum absolute atomic E-state index is 12.4. The summed E-state index contributed by atoms with van der Waals surface area (Å²) in [6.07, 6.45) is 2.24. The van der Waals surface area contributed by atoms with Gasteiger partial charge in [-0.1, -0.05) is 6.92 Å². The van der Waals surface area contributed by atoms with Gasteiger partial charge in [0.25, 0.3) is 5.56 Å². The average Bonchev–Trinajstić information content (AvgIpc) is 3.08. The molecule has 8 nitrogen and oxygen atoms in total. The molecular weight excluding hydrogens is 356 g/mol. The molecule has 3 aromatic heterocycles. The van der Waals surface area contributed by atoms with Crippen molar-refractivity contribution in [3.63, 3.8) is 0 Å². The van der Waals surface area contributed by atoms with Crippen LogP contribution in [0.3, 0.4) is 0 Å². The van der Waals surface area contributed by atoms with Gasteiger partial charge in [0.15, 0.2) is 0 Å². The van der Waals surface area contributed by atoms with E-state index in [1.54, 1.807) is 16.7 Å². The molecule has 0 fully saturated rings. The lowest BCUT2D eigenvalue weighted by Gasteiger charge is -2.27. The highest BCUT2D eigenvalue weighted by Crippen LogP contribution is 2.16. The number of aromatic nitrogens is 4. The molecule has 0 aromatic carbocycles. The van der Waals surface area contributed by atoms with Crippen molar-refractivity contribution < 1.29 is 4.79 Å². The van der Waals surface area contributed by atoms with Gasteiger partial charge in [-0.15, -0.1) is 0 Å². The third-order valence-electron chi connectivity index (χ3n) is 4.98. The Morgan fingerprint density at radius 3 is 2.89 bits per heavy atom. The van der Waals surface area contributed by atoms with Gasteiger partial charge >= 0.3 is 0 Å². The second-order valence-corrected chi connectivity index (χ2v) is 7.21. The van der Waals surface area contributed by atoms with E-state index in [1.807, 2.05) is 36.7 Å². The van der Waals surface area contributed by atoms with Gasteiger partial charge in [0.1, 0.15) is 5.65 Å². The largest absolute Gasteiger partial charge is 0.350 e. The Morgan fingerprint density at radius 2 is 2.07 bits per heavy atom. The number of nitrogens with zero attached hydrogens (tertiary/aromatic N) is 5. The maximum atomic E-state index is 12.4. The predicted octanol–water partition coefficient (Wildman–Crippen LogP) is 1.24. The topological polar surface area (TPSA) is 84.5 Å². The fourth-order valence-corrected chi connectivity index (χ4v) is 3.48. The molecule has 8 heteroatoms. The minimum atomic E-state index is -0.0593. The maximum Gasteiger partial charge on any atom is 0.258 e. The Balaban J connectivity index is 1.48. The van der Waals surface area contributed by atoms with E-state index in [1.165, 1.54) is 0 Å². The number of hydrogen-bond acceptors (Lipinski definition) is 5. The Labute approximate surface area is 162 Å². The zero-order valence-corrected chi connectivity index (χ0v) is 16.2. The summed E-state index contributed by atoms with van der Waals surface area (Å²) < 4.78 is 3.56. The molecule has 0 atom stereocenters. The first-order valence-electron chi connectivity index (χ1n) is 9.55. The monoisotopic (exact) mass is 380 g/mol. The summed E-state index contributed by atoms with van der Waals surface area (Å²) in [4.78, 5) is 30.7. The number of nitrogens with one attached hydrogen (secondary N) is 1. The fourth-order valence-electron chi connectivity index (χ4n) is 3.48. The molecule has 146 valence electrons. The first-order chi connectivity index (χ1) is 13.5. The minimum Gasteiger partial charge on any atom is -0.350 e. The summed E-state index contributed by atoms with van der Waals surface area (Å²) >= 11 is 0. The van der Waals surface area contributed by atoms with Gasteiger partial charge in [-0.3, -0.25) is 23.6 Å². The van der Waals surface area contributed by atoms with Crippen molar-refractivity contribution >= 4 is 11.6 Å². The Bertz CT molecular complexity index is 1080. The van der Waals surface area contributed by atoms with Crippen LogP contribution in [-0.4, -0.2) is 36.5 Å². The van der Waals surface area contributed by atoms with Crippen molar-refractivity contribution in [2.24, 2.45) is 0 Å². The highest BCUT2D eigenvalue weighted by atomic mass is 16.1. The van der Waals surface area contributed by atoms with Gasteiger partial charge in [-0.25, -0.2) is 4.98 Å². The first kappa shape index (κ1) is 18.4. The number of amides is 1. The molecule has 1 aliphatic rings. The Morgan fingerprint density at radius 1 is 1.21 bits per heavy atom. The summed E-state index contributed by atoms with van der Waals surface area (Å²) in [5.74, 6) is 0.0245. The second-order valence-electron chi connectivity index (χ2n) is 7.21. The average molecular weight is 380 g/mol. The standard InChI is InChI=1S/C20H24N6O2/c1-3-19(27)21-11-15-9-17-13-24(6-7-26(17)23-15)12-16-10-20(28)25-5-4-14(2)8-18(25)22-16/h4-5,8-10H,3,6-7,11-13H2,1-2H3,(H,21,27). The van der Waals surface area contributed by atoms with E-state index in [0.717, 1.165) is 42.3 Å². The Kier molecular flexibility index (Phi) is 4.95. The molecule has 3 aromatic rings. The van der Waals surface area contributed by atoms with Crippen molar-refractivity contribution in [1.29, 1.82) is 0 Å². The quantitative estimate of drug-likeness (QED) is 0.720. The smallest absolute Gasteiger partial charge is 0.258 e. The number of aryl methyl sites for hydroxylation is 1. The molecular formula is C20H24N6O2. The summed E-state index contributed by atoms with van der Waals surface area (Å²) in [7, 11) is 0. The zero-order chi connectivity index (χ0) is 19.7. The van der Waals surface area contributed by atoms with Gasteiger partial charge in [-0.05, 0) is 30.7 Å². The van der Waals surface area contributed by atoms with Crippen molar-refractivity contribution in [2.75, 3.05) is 6.54 Å². The third-order valence-corrected chi connectivity index (χ3v) is 4.98. The molecule has 0 spiro atoms. The normalized spacial score (nSPS) is 14.2. The van der Waals surface area contributed by atoms with Crippen LogP contribution < -0.4 is 10.9 Å². The Hall–Kier alpha value is -3.00. The van der Waals surface area contributed by atoms with Crippen molar-refractivity contribution in [3.05, 3.63) is 63.5 Å². The molecule has 0 bridgehead atoms. The van der Waals surface area contributed by atoms with Crippen LogP contribution in [-0.2, 0) is 31.0 Å². The molecule has 1 amide bonds. The van der Waals surface area contributed by atoms with Crippen LogP contribution in [0.1, 0.15) is 36.0 Å². The molecule has 4 rings (SSSR count). The first-order valence-corrected chi connectivity index (χ1v) is 9.55. The van der Waals surface area contributed by atoms with Crippen molar-refractivity contribution in [3.8, 4) is 0 Å². The fraction of sp³-hybridized carbons (Fsp3) is 0.400. The number of pyridine rings is 1. The van der Waals surface area contributed by atoms with Gasteiger partial charge in [-0.2, -0.15) is 5.10 Å². The van der Waals surface area contributed by atoms with Crippen LogP contribution in [0, 0.1) is 6.92 Å². The number of hydrogen-bond donors (Lipinski definition) is 1. The van der Waals surface area contributed by atoms with E-state index in [2.05, 4.69) is 20.3 Å². The molecule has 1 N–H and O–H groups in total. The molecule has 0 radical (unpaired) electrons. The van der Waals surface area contributed by atoms with Crippen molar-refractivity contribution in [1.82, 2.24) is 29.4 Å². The lowest BCUT2D eigenvalue weighted by atomic mass is 10.2. The van der Waals surface area contributed by atoms with Crippen LogP contribution in [0.5, 0.6) is 0 Å². The number of carbonyl (C=O) groups excluding carboxylic acids is 1. The predicted molar refractivity (Wildman–Crippen MR) is 105 cm³/mol. The number of fused-ring (bicyclic) bond motifs is 2. The summed E-state index contributed by atoms with van der Waals surface area (Å²) in [6, 6.07) is 7.48. The van der Waals surface area contributed by atoms with E-state index in [9.17, 15) is 9.59 Å². The van der Waals surface area contributed by atoms with Gasteiger partial charge in [0.05, 0.1) is 30.2 Å². The molecule has 0 unspecified atom stereocenters. The van der Waals surface area contributed by atoms with Crippen LogP contribution in [0.25, 0.3) is 5.65 Å². The molecule has 1 aliphatic heterocycles. The molecule has 0 saturated heterocycles. The summed E-state index contributed by atoms with van der Waals surface area (Å²) in [5, 5.41) is 7.43. The van der Waals surface area contributed by atoms with E-state index in [0.29, 0.717) is 25.2 Å². The van der Waals surface area contributed by atoms with E-state index in [4.69, 9.17) is 0 Å². The number of rotatable bonds is 5. The van der Waals surface area contributed by atoms with E-state index in [-0.39, 0.29) is 11.5 Å². The van der Waals surface area contributed by atoms with Gasteiger partial charge < -0.3 is 5.32 Å². The van der Waals surface area contributed by atoms with Gasteiger partial charge in [0, 0.05) is 38.3 Å². The molecule has 28 heavy (non-hydrogen) atoms. The van der Waals surface area contributed by atoms with Crippen molar-refractivity contribution in [2.45, 2.75) is 46.4 Å². The molecule has 0 aliphatic carbocycles. The van der Waals surface area contributed by atoms with E-state index >= 15 is 0 Å². The van der Waals surface area contributed by atoms with Crippen LogP contribution in [0.4, 0.5) is 0 Å². The van der Waals surface area contributed by atoms with Crippen LogP contribution in [0.2, 0.25) is 0 Å².